The lowest BCUT2D eigenvalue weighted by atomic mass is 10.0. The molecule has 0 unspecified atom stereocenters. The van der Waals surface area contributed by atoms with Gasteiger partial charge in [0.2, 0.25) is 0 Å². The van der Waals surface area contributed by atoms with Gasteiger partial charge >= 0.3 is 0 Å². The molecule has 0 saturated heterocycles. The van der Waals surface area contributed by atoms with Crippen LogP contribution in [-0.2, 0) is 0 Å². The Hall–Kier alpha value is -4.60. The van der Waals surface area contributed by atoms with Crippen LogP contribution in [0.25, 0.3) is 80.4 Å². The summed E-state index contributed by atoms with van der Waals surface area (Å²) in [6, 6.07) is 41.6. The summed E-state index contributed by atoms with van der Waals surface area (Å²) in [6.07, 6.45) is 0. The van der Waals surface area contributed by atoms with Gasteiger partial charge in [-0.25, -0.2) is 0 Å². The van der Waals surface area contributed by atoms with Gasteiger partial charge in [-0.05, 0) is 47.2 Å². The lowest BCUT2D eigenvalue weighted by Crippen LogP contribution is -1.93. The molecule has 0 amide bonds. The Morgan fingerprint density at radius 2 is 1.27 bits per heavy atom. The summed E-state index contributed by atoms with van der Waals surface area (Å²) in [7, 11) is 0. The highest BCUT2D eigenvalue weighted by Crippen LogP contribution is 2.43. The highest BCUT2D eigenvalue weighted by atomic mass is 32.1. The third-order valence-corrected chi connectivity index (χ3v) is 8.92. The molecular weight excluding hydrogens is 470 g/mol. The molecular formula is C34H19NOS. The minimum absolute atomic E-state index is 0.923. The number of rotatable bonds is 1. The molecule has 0 N–H and O–H groups in total. The first-order chi connectivity index (χ1) is 18.3. The average Bonchev–Trinajstić information content (AvgIpc) is 3.61. The number of hydrogen-bond acceptors (Lipinski definition) is 2. The van der Waals surface area contributed by atoms with Gasteiger partial charge in [0.1, 0.15) is 5.58 Å². The van der Waals surface area contributed by atoms with Gasteiger partial charge in [-0.2, -0.15) is 0 Å². The van der Waals surface area contributed by atoms with Crippen molar-refractivity contribution in [3.63, 3.8) is 0 Å². The van der Waals surface area contributed by atoms with E-state index in [9.17, 15) is 0 Å². The van der Waals surface area contributed by atoms with Crippen molar-refractivity contribution in [2.45, 2.75) is 0 Å². The Kier molecular flexibility index (Phi) is 3.70. The van der Waals surface area contributed by atoms with Crippen molar-refractivity contribution >= 4 is 86.0 Å². The SMILES string of the molecule is c1ccc2c(c1)ccc1c2c2ccc3c4ccccc4oc3c2n1-c1ccc2c(c1)sc1ccccc12. The van der Waals surface area contributed by atoms with Crippen LogP contribution in [0.15, 0.2) is 120 Å². The van der Waals surface area contributed by atoms with Gasteiger partial charge in [-0.15, -0.1) is 11.3 Å². The maximum atomic E-state index is 6.59. The van der Waals surface area contributed by atoms with Gasteiger partial charge < -0.3 is 8.98 Å². The molecule has 172 valence electrons. The Morgan fingerprint density at radius 3 is 2.22 bits per heavy atom. The summed E-state index contributed by atoms with van der Waals surface area (Å²) in [5, 5.41) is 9.94. The minimum Gasteiger partial charge on any atom is -0.454 e. The molecule has 6 aromatic carbocycles. The number of benzene rings is 6. The van der Waals surface area contributed by atoms with Crippen LogP contribution >= 0.6 is 11.3 Å². The number of nitrogens with zero attached hydrogens (tertiary/aromatic N) is 1. The second kappa shape index (κ2) is 7.00. The van der Waals surface area contributed by atoms with Crippen molar-refractivity contribution in [3.8, 4) is 5.69 Å². The molecule has 0 fully saturated rings. The van der Waals surface area contributed by atoms with E-state index in [4.69, 9.17) is 4.42 Å². The topological polar surface area (TPSA) is 18.1 Å². The van der Waals surface area contributed by atoms with E-state index in [-0.39, 0.29) is 0 Å². The highest BCUT2D eigenvalue weighted by molar-refractivity contribution is 7.25. The van der Waals surface area contributed by atoms with E-state index in [1.807, 2.05) is 17.4 Å². The number of para-hydroxylation sites is 1. The maximum Gasteiger partial charge on any atom is 0.160 e. The summed E-state index contributed by atoms with van der Waals surface area (Å²) >= 11 is 1.86. The smallest absolute Gasteiger partial charge is 0.160 e. The Morgan fingerprint density at radius 1 is 0.541 bits per heavy atom. The lowest BCUT2D eigenvalue weighted by Gasteiger charge is -2.09. The van der Waals surface area contributed by atoms with Crippen molar-refractivity contribution < 1.29 is 4.42 Å². The number of fused-ring (bicyclic) bond motifs is 12. The monoisotopic (exact) mass is 489 g/mol. The van der Waals surface area contributed by atoms with E-state index in [2.05, 4.69) is 114 Å². The number of aromatic nitrogens is 1. The molecule has 0 aliphatic rings. The minimum atomic E-state index is 0.923. The molecule has 0 spiro atoms. The second-order valence-corrected chi connectivity index (χ2v) is 10.8. The molecule has 9 rings (SSSR count). The van der Waals surface area contributed by atoms with E-state index >= 15 is 0 Å². The van der Waals surface area contributed by atoms with Crippen molar-refractivity contribution in [1.82, 2.24) is 4.57 Å². The van der Waals surface area contributed by atoms with Crippen LogP contribution in [0.5, 0.6) is 0 Å². The standard InChI is InChI=1S/C34H19NOS/c1-2-8-22-20(7-1)13-18-28-32(22)27-17-16-26-23-9-3-5-11-29(23)36-34(26)33(27)35(28)21-14-15-25-24-10-4-6-12-30(24)37-31(25)19-21/h1-19H. The van der Waals surface area contributed by atoms with Crippen LogP contribution in [0.3, 0.4) is 0 Å². The van der Waals surface area contributed by atoms with Crippen LogP contribution in [0, 0.1) is 0 Å². The zero-order valence-corrected chi connectivity index (χ0v) is 20.5. The molecule has 0 aliphatic heterocycles. The molecule has 3 heteroatoms. The van der Waals surface area contributed by atoms with Crippen molar-refractivity contribution in [1.29, 1.82) is 0 Å². The maximum absolute atomic E-state index is 6.59. The molecule has 3 aromatic heterocycles. The molecule has 0 bridgehead atoms. The van der Waals surface area contributed by atoms with Crippen LogP contribution in [0.4, 0.5) is 0 Å². The summed E-state index contributed by atoms with van der Waals surface area (Å²) in [5.74, 6) is 0. The van der Waals surface area contributed by atoms with E-state index in [1.165, 1.54) is 47.2 Å². The third kappa shape index (κ3) is 2.54. The van der Waals surface area contributed by atoms with Gasteiger partial charge in [-0.1, -0.05) is 78.9 Å². The normalized spacial score (nSPS) is 12.3. The molecule has 9 aromatic rings. The van der Waals surface area contributed by atoms with Crippen LogP contribution in [0.2, 0.25) is 0 Å². The number of thiophene rings is 1. The van der Waals surface area contributed by atoms with E-state index in [0.717, 1.165) is 33.1 Å². The number of furan rings is 1. The average molecular weight is 490 g/mol. The molecule has 2 nitrogen and oxygen atoms in total. The van der Waals surface area contributed by atoms with Gasteiger partial charge in [0.25, 0.3) is 0 Å². The lowest BCUT2D eigenvalue weighted by molar-refractivity contribution is 0.671. The molecule has 3 heterocycles. The third-order valence-electron chi connectivity index (χ3n) is 7.78. The fraction of sp³-hybridized carbons (Fsp3) is 0. The quantitative estimate of drug-likeness (QED) is 0.224. The Bertz CT molecular complexity index is 2370. The van der Waals surface area contributed by atoms with E-state index < -0.39 is 0 Å². The molecule has 37 heavy (non-hydrogen) atoms. The first-order valence-corrected chi connectivity index (χ1v) is 13.3. The predicted molar refractivity (Wildman–Crippen MR) is 158 cm³/mol. The van der Waals surface area contributed by atoms with Crippen molar-refractivity contribution in [2.75, 3.05) is 0 Å². The molecule has 0 aliphatic carbocycles. The fourth-order valence-corrected chi connectivity index (χ4v) is 7.31. The fourth-order valence-electron chi connectivity index (χ4n) is 6.17. The zero-order chi connectivity index (χ0) is 24.1. The van der Waals surface area contributed by atoms with E-state index in [1.54, 1.807) is 0 Å². The highest BCUT2D eigenvalue weighted by Gasteiger charge is 2.20. The van der Waals surface area contributed by atoms with Gasteiger partial charge in [-0.3, -0.25) is 0 Å². The molecule has 0 radical (unpaired) electrons. The number of hydrogen-bond donors (Lipinski definition) is 0. The van der Waals surface area contributed by atoms with Crippen LogP contribution < -0.4 is 0 Å². The Balaban J connectivity index is 1.50. The van der Waals surface area contributed by atoms with Gasteiger partial charge in [0.15, 0.2) is 5.58 Å². The Labute approximate surface area is 215 Å². The molecule has 0 atom stereocenters. The van der Waals surface area contributed by atoms with Gasteiger partial charge in [0.05, 0.1) is 11.0 Å². The predicted octanol–water partition coefficient (Wildman–Crippen LogP) is 10.2. The first-order valence-electron chi connectivity index (χ1n) is 12.5. The van der Waals surface area contributed by atoms with Crippen LogP contribution in [-0.4, -0.2) is 4.57 Å². The summed E-state index contributed by atoms with van der Waals surface area (Å²) in [5.41, 5.74) is 5.34. The summed E-state index contributed by atoms with van der Waals surface area (Å²) < 4.78 is 11.6. The zero-order valence-electron chi connectivity index (χ0n) is 19.7. The summed E-state index contributed by atoms with van der Waals surface area (Å²) in [4.78, 5) is 0. The second-order valence-electron chi connectivity index (χ2n) is 9.73. The van der Waals surface area contributed by atoms with Crippen LogP contribution in [0.1, 0.15) is 0 Å². The largest absolute Gasteiger partial charge is 0.454 e. The van der Waals surface area contributed by atoms with Crippen molar-refractivity contribution in [2.24, 2.45) is 0 Å². The van der Waals surface area contributed by atoms with Gasteiger partial charge in [0, 0.05) is 47.4 Å². The van der Waals surface area contributed by atoms with Crippen molar-refractivity contribution in [3.05, 3.63) is 115 Å². The first kappa shape index (κ1) is 19.6. The van der Waals surface area contributed by atoms with E-state index in [0.29, 0.717) is 0 Å². The summed E-state index contributed by atoms with van der Waals surface area (Å²) in [6.45, 7) is 0. The molecule has 0 saturated carbocycles.